The van der Waals surface area contributed by atoms with Crippen molar-refractivity contribution in [2.24, 2.45) is 0 Å². The smallest absolute Gasteiger partial charge is 0.153 e. The van der Waals surface area contributed by atoms with Gasteiger partial charge in [-0.05, 0) is 26.8 Å². The molecule has 0 aromatic carbocycles. The third-order valence-corrected chi connectivity index (χ3v) is 4.84. The molecular formula is C11H25NO3S. The van der Waals surface area contributed by atoms with Crippen molar-refractivity contribution in [3.8, 4) is 0 Å². The quantitative estimate of drug-likeness (QED) is 0.661. The molecule has 5 heteroatoms. The number of sulfone groups is 1. The Labute approximate surface area is 99.6 Å². The van der Waals surface area contributed by atoms with Gasteiger partial charge >= 0.3 is 0 Å². The molecule has 0 heterocycles. The largest absolute Gasteiger partial charge is 0.395 e. The van der Waals surface area contributed by atoms with E-state index in [1.807, 2.05) is 4.90 Å². The minimum atomic E-state index is -2.96. The number of aliphatic hydroxyl groups is 1. The molecule has 0 spiro atoms. The molecule has 98 valence electrons. The van der Waals surface area contributed by atoms with Crippen molar-refractivity contribution >= 4 is 9.84 Å². The molecule has 0 aliphatic heterocycles. The first-order valence-corrected chi connectivity index (χ1v) is 7.70. The van der Waals surface area contributed by atoms with Crippen molar-refractivity contribution < 1.29 is 13.5 Å². The molecule has 0 radical (unpaired) electrons. The van der Waals surface area contributed by atoms with Gasteiger partial charge in [0.05, 0.1) is 17.6 Å². The highest BCUT2D eigenvalue weighted by Gasteiger charge is 2.17. The van der Waals surface area contributed by atoms with Gasteiger partial charge in [-0.3, -0.25) is 0 Å². The Morgan fingerprint density at radius 2 is 1.81 bits per heavy atom. The van der Waals surface area contributed by atoms with Gasteiger partial charge in [0.1, 0.15) is 0 Å². The highest BCUT2D eigenvalue weighted by Crippen LogP contribution is 2.02. The summed E-state index contributed by atoms with van der Waals surface area (Å²) in [6, 6.07) is 0. The van der Waals surface area contributed by atoms with E-state index in [2.05, 4.69) is 6.92 Å². The third-order valence-electron chi connectivity index (χ3n) is 2.65. The summed E-state index contributed by atoms with van der Waals surface area (Å²) in [7, 11) is -2.96. The molecule has 0 unspecified atom stereocenters. The van der Waals surface area contributed by atoms with Crippen LogP contribution in [0, 0.1) is 0 Å². The summed E-state index contributed by atoms with van der Waals surface area (Å²) in [5.74, 6) is 0.189. The van der Waals surface area contributed by atoms with Crippen LogP contribution >= 0.6 is 0 Å². The summed E-state index contributed by atoms with van der Waals surface area (Å²) < 4.78 is 23.2. The summed E-state index contributed by atoms with van der Waals surface area (Å²) in [5, 5.41) is 8.57. The van der Waals surface area contributed by atoms with Crippen LogP contribution in [0.5, 0.6) is 0 Å². The molecule has 0 atom stereocenters. The van der Waals surface area contributed by atoms with Gasteiger partial charge in [-0.25, -0.2) is 8.42 Å². The SMILES string of the molecule is CCCCN(CCO)CCS(=O)(=O)C(C)C. The number of rotatable bonds is 9. The predicted octanol–water partition coefficient (Wildman–Crippen LogP) is 0.904. The van der Waals surface area contributed by atoms with Crippen LogP contribution in [0.3, 0.4) is 0 Å². The Hall–Kier alpha value is -0.130. The van der Waals surface area contributed by atoms with Gasteiger partial charge < -0.3 is 10.0 Å². The molecule has 0 bridgehead atoms. The lowest BCUT2D eigenvalue weighted by Gasteiger charge is -2.21. The van der Waals surface area contributed by atoms with Crippen molar-refractivity contribution in [3.05, 3.63) is 0 Å². The molecule has 4 nitrogen and oxygen atoms in total. The van der Waals surface area contributed by atoms with Crippen LogP contribution in [0.25, 0.3) is 0 Å². The highest BCUT2D eigenvalue weighted by molar-refractivity contribution is 7.92. The van der Waals surface area contributed by atoms with E-state index < -0.39 is 9.84 Å². The Kier molecular flexibility index (Phi) is 7.97. The van der Waals surface area contributed by atoms with Crippen LogP contribution in [0.2, 0.25) is 0 Å². The maximum Gasteiger partial charge on any atom is 0.153 e. The van der Waals surface area contributed by atoms with Crippen LogP contribution in [-0.4, -0.2) is 55.7 Å². The fourth-order valence-electron chi connectivity index (χ4n) is 1.35. The molecule has 0 amide bonds. The predicted molar refractivity (Wildman–Crippen MR) is 67.4 cm³/mol. The van der Waals surface area contributed by atoms with E-state index in [9.17, 15) is 8.42 Å². The average Bonchev–Trinajstić information content (AvgIpc) is 2.22. The van der Waals surface area contributed by atoms with Crippen molar-refractivity contribution in [2.45, 2.75) is 38.9 Å². The van der Waals surface area contributed by atoms with E-state index in [0.717, 1.165) is 19.4 Å². The maximum absolute atomic E-state index is 11.6. The zero-order chi connectivity index (χ0) is 12.6. The molecule has 0 aliphatic rings. The zero-order valence-electron chi connectivity index (χ0n) is 10.6. The second kappa shape index (κ2) is 8.03. The summed E-state index contributed by atoms with van der Waals surface area (Å²) in [5.41, 5.74) is 0. The van der Waals surface area contributed by atoms with Crippen molar-refractivity contribution in [1.82, 2.24) is 4.90 Å². The molecular weight excluding hydrogens is 226 g/mol. The summed E-state index contributed by atoms with van der Waals surface area (Å²) in [6.45, 7) is 7.56. The second-order valence-corrected chi connectivity index (χ2v) is 7.01. The van der Waals surface area contributed by atoms with E-state index in [1.165, 1.54) is 0 Å². The highest BCUT2D eigenvalue weighted by atomic mass is 32.2. The summed E-state index contributed by atoms with van der Waals surface area (Å²) in [6.07, 6.45) is 2.13. The van der Waals surface area contributed by atoms with Gasteiger partial charge in [0.15, 0.2) is 9.84 Å². The monoisotopic (exact) mass is 251 g/mol. The van der Waals surface area contributed by atoms with E-state index >= 15 is 0 Å². The molecule has 0 aromatic heterocycles. The van der Waals surface area contributed by atoms with Gasteiger partial charge in [-0.2, -0.15) is 0 Å². The van der Waals surface area contributed by atoms with Gasteiger partial charge in [0.2, 0.25) is 0 Å². The van der Waals surface area contributed by atoms with E-state index in [4.69, 9.17) is 5.11 Å². The lowest BCUT2D eigenvalue weighted by molar-refractivity contribution is 0.201. The summed E-state index contributed by atoms with van der Waals surface area (Å²) >= 11 is 0. The molecule has 1 N–H and O–H groups in total. The normalized spacial score (nSPS) is 12.6. The topological polar surface area (TPSA) is 57.6 Å². The van der Waals surface area contributed by atoms with Crippen LogP contribution in [0.15, 0.2) is 0 Å². The fourth-order valence-corrected chi connectivity index (χ4v) is 2.33. The van der Waals surface area contributed by atoms with Crippen LogP contribution in [-0.2, 0) is 9.84 Å². The van der Waals surface area contributed by atoms with Crippen LogP contribution in [0.4, 0.5) is 0 Å². The van der Waals surface area contributed by atoms with Gasteiger partial charge in [-0.15, -0.1) is 0 Å². The van der Waals surface area contributed by atoms with Crippen LogP contribution in [0.1, 0.15) is 33.6 Å². The number of hydrogen-bond acceptors (Lipinski definition) is 4. The Morgan fingerprint density at radius 3 is 2.25 bits per heavy atom. The summed E-state index contributed by atoms with van der Waals surface area (Å²) in [4.78, 5) is 2.02. The standard InChI is InChI=1S/C11H25NO3S/c1-4-5-6-12(7-9-13)8-10-16(14,15)11(2)3/h11,13H,4-10H2,1-3H3. The number of nitrogens with zero attached hydrogens (tertiary/aromatic N) is 1. The van der Waals surface area contributed by atoms with Crippen molar-refractivity contribution in [1.29, 1.82) is 0 Å². The second-order valence-electron chi connectivity index (χ2n) is 4.33. The van der Waals surface area contributed by atoms with Crippen molar-refractivity contribution in [3.63, 3.8) is 0 Å². The first-order valence-electron chi connectivity index (χ1n) is 5.98. The van der Waals surface area contributed by atoms with Crippen molar-refractivity contribution in [2.75, 3.05) is 32.0 Å². The minimum absolute atomic E-state index is 0.0887. The number of aliphatic hydroxyl groups excluding tert-OH is 1. The lowest BCUT2D eigenvalue weighted by Crippen LogP contribution is -2.34. The van der Waals surface area contributed by atoms with Crippen LogP contribution < -0.4 is 0 Å². The first-order chi connectivity index (χ1) is 7.44. The van der Waals surface area contributed by atoms with E-state index in [1.54, 1.807) is 13.8 Å². The third kappa shape index (κ3) is 6.45. The molecule has 0 saturated carbocycles. The minimum Gasteiger partial charge on any atom is -0.395 e. The maximum atomic E-state index is 11.6. The van der Waals surface area contributed by atoms with Gasteiger partial charge in [0.25, 0.3) is 0 Å². The lowest BCUT2D eigenvalue weighted by atomic mass is 10.3. The molecule has 16 heavy (non-hydrogen) atoms. The Bertz CT molecular complexity index is 262. The average molecular weight is 251 g/mol. The molecule has 0 saturated heterocycles. The van der Waals surface area contributed by atoms with Gasteiger partial charge in [0, 0.05) is 13.1 Å². The molecule has 0 rings (SSSR count). The van der Waals surface area contributed by atoms with E-state index in [-0.39, 0.29) is 17.6 Å². The zero-order valence-corrected chi connectivity index (χ0v) is 11.5. The fraction of sp³-hybridized carbons (Fsp3) is 1.00. The first kappa shape index (κ1) is 15.9. The Balaban J connectivity index is 4.10. The number of unbranched alkanes of at least 4 members (excludes halogenated alkanes) is 1. The molecule has 0 aromatic rings. The Morgan fingerprint density at radius 1 is 1.19 bits per heavy atom. The van der Waals surface area contributed by atoms with Gasteiger partial charge in [-0.1, -0.05) is 13.3 Å². The number of hydrogen-bond donors (Lipinski definition) is 1. The molecule has 0 aliphatic carbocycles. The molecule has 0 fully saturated rings. The van der Waals surface area contributed by atoms with E-state index in [0.29, 0.717) is 13.1 Å².